The van der Waals surface area contributed by atoms with Crippen molar-refractivity contribution in [2.75, 3.05) is 5.32 Å². The number of imidazole rings is 1. The van der Waals surface area contributed by atoms with Crippen molar-refractivity contribution in [3.8, 4) is 11.3 Å². The molecule has 1 amide bonds. The molecule has 1 N–H and O–H groups in total. The highest BCUT2D eigenvalue weighted by Crippen LogP contribution is 2.26. The van der Waals surface area contributed by atoms with Crippen LogP contribution in [0.15, 0.2) is 60.8 Å². The number of fused-ring (bicyclic) bond motifs is 1. The first-order chi connectivity index (χ1) is 15.9. The molecule has 0 spiro atoms. The summed E-state index contributed by atoms with van der Waals surface area (Å²) in [4.78, 5) is 21.4. The Morgan fingerprint density at radius 2 is 1.93 bits per heavy atom. The molecule has 0 saturated heterocycles. The van der Waals surface area contributed by atoms with E-state index in [1.165, 1.54) is 0 Å². The van der Waals surface area contributed by atoms with Crippen molar-refractivity contribution in [1.29, 1.82) is 0 Å². The second-order valence-corrected chi connectivity index (χ2v) is 6.09. The van der Waals surface area contributed by atoms with Crippen LogP contribution in [0.2, 0.25) is 0 Å². The van der Waals surface area contributed by atoms with Crippen LogP contribution in [0, 0.1) is 13.8 Å². The summed E-state index contributed by atoms with van der Waals surface area (Å²) >= 11 is 0. The molecule has 0 bridgehead atoms. The average Bonchev–Trinajstić information content (AvgIpc) is 3.09. The zero-order valence-corrected chi connectivity index (χ0v) is 14.7. The first-order valence-corrected chi connectivity index (χ1v) is 8.20. The molecule has 5 nitrogen and oxygen atoms in total. The summed E-state index contributed by atoms with van der Waals surface area (Å²) in [6.07, 6.45) is 3.34. The molecule has 2 aromatic carbocycles. The summed E-state index contributed by atoms with van der Waals surface area (Å²) in [6.45, 7) is -0.947. The minimum absolute atomic E-state index is 0.146. The standard InChI is InChI=1S/C22H20N4O/c1-14-4-6-16(7-5-14)22(27)25-21-11-19-10-17(8-9-18(19)12-24-21)20-13-23-15(2)26(20)3/h4-13H,1-3H3,(H,24,25,27)/i1D3,4D,5D,6D,7D. The Bertz CT molecular complexity index is 1430. The van der Waals surface area contributed by atoms with Gasteiger partial charge in [0.15, 0.2) is 0 Å². The van der Waals surface area contributed by atoms with Crippen LogP contribution >= 0.6 is 0 Å². The lowest BCUT2D eigenvalue weighted by atomic mass is 10.1. The first kappa shape index (κ1) is 10.6. The summed E-state index contributed by atoms with van der Waals surface area (Å²) in [6, 6.07) is 4.40. The number of benzene rings is 2. The molecule has 0 fully saturated rings. The number of amides is 1. The van der Waals surface area contributed by atoms with Crippen molar-refractivity contribution in [2.24, 2.45) is 7.05 Å². The summed E-state index contributed by atoms with van der Waals surface area (Å²) in [7, 11) is 1.91. The third kappa shape index (κ3) is 3.31. The van der Waals surface area contributed by atoms with Gasteiger partial charge in [-0.3, -0.25) is 4.79 Å². The van der Waals surface area contributed by atoms with E-state index in [9.17, 15) is 4.79 Å². The molecule has 4 rings (SSSR count). The van der Waals surface area contributed by atoms with E-state index in [1.54, 1.807) is 18.5 Å². The largest absolute Gasteiger partial charge is 0.331 e. The lowest BCUT2D eigenvalue weighted by molar-refractivity contribution is 0.102. The lowest BCUT2D eigenvalue weighted by Gasteiger charge is -2.08. The number of carbonyl (C=O) groups is 1. The Hall–Kier alpha value is -3.47. The van der Waals surface area contributed by atoms with Crippen LogP contribution < -0.4 is 5.32 Å². The molecule has 27 heavy (non-hydrogen) atoms. The number of hydrogen-bond acceptors (Lipinski definition) is 3. The van der Waals surface area contributed by atoms with Crippen molar-refractivity contribution >= 4 is 22.5 Å². The van der Waals surface area contributed by atoms with Crippen molar-refractivity contribution in [2.45, 2.75) is 13.8 Å². The predicted octanol–water partition coefficient (Wildman–Crippen LogP) is 4.50. The van der Waals surface area contributed by atoms with Gasteiger partial charge in [0.1, 0.15) is 11.6 Å². The van der Waals surface area contributed by atoms with Gasteiger partial charge in [0, 0.05) is 33.9 Å². The van der Waals surface area contributed by atoms with Crippen LogP contribution in [0.1, 0.15) is 31.3 Å². The van der Waals surface area contributed by atoms with Gasteiger partial charge < -0.3 is 9.88 Å². The van der Waals surface area contributed by atoms with E-state index in [4.69, 9.17) is 9.60 Å². The number of nitrogens with zero attached hydrogens (tertiary/aromatic N) is 3. The number of aromatic nitrogens is 3. The molecule has 134 valence electrons. The molecule has 0 atom stereocenters. The molecule has 0 saturated carbocycles. The molecule has 0 unspecified atom stereocenters. The average molecular weight is 363 g/mol. The Morgan fingerprint density at radius 3 is 2.63 bits per heavy atom. The Labute approximate surface area is 167 Å². The minimum atomic E-state index is -2.85. The number of anilines is 1. The van der Waals surface area contributed by atoms with Crippen molar-refractivity contribution in [1.82, 2.24) is 14.5 Å². The molecule has 0 aliphatic carbocycles. The Morgan fingerprint density at radius 1 is 1.11 bits per heavy atom. The van der Waals surface area contributed by atoms with Gasteiger partial charge in [-0.05, 0) is 43.4 Å². The molecule has 0 aliphatic rings. The van der Waals surface area contributed by atoms with Gasteiger partial charge >= 0.3 is 0 Å². The van der Waals surface area contributed by atoms with Gasteiger partial charge in [0.25, 0.3) is 5.91 Å². The Balaban J connectivity index is 1.72. The van der Waals surface area contributed by atoms with Crippen LogP contribution in [0.25, 0.3) is 22.0 Å². The highest BCUT2D eigenvalue weighted by atomic mass is 16.1. The molecule has 5 heteroatoms. The lowest BCUT2D eigenvalue weighted by Crippen LogP contribution is -2.12. The van der Waals surface area contributed by atoms with Gasteiger partial charge in [0.05, 0.1) is 17.4 Å². The number of rotatable bonds is 3. The van der Waals surface area contributed by atoms with E-state index < -0.39 is 48.1 Å². The predicted molar refractivity (Wildman–Crippen MR) is 108 cm³/mol. The molecule has 2 aromatic heterocycles. The third-order valence-electron chi connectivity index (χ3n) is 4.33. The maximum Gasteiger partial charge on any atom is 0.256 e. The normalized spacial score (nSPS) is 15.1. The minimum Gasteiger partial charge on any atom is -0.331 e. The molecular weight excluding hydrogens is 336 g/mol. The molecule has 0 radical (unpaired) electrons. The fraction of sp³-hybridized carbons (Fsp3) is 0.136. The van der Waals surface area contributed by atoms with Crippen LogP contribution in [-0.2, 0) is 7.05 Å². The maximum absolute atomic E-state index is 12.9. The SMILES string of the molecule is [2H]c1c([2H])c(C([2H])([2H])[2H])c([2H])c([2H])c1C(=O)Nc1cc2cc(-c3cnc(C)n3C)ccc2cn1. The topological polar surface area (TPSA) is 59.8 Å². The van der Waals surface area contributed by atoms with E-state index in [2.05, 4.69) is 15.3 Å². The van der Waals surface area contributed by atoms with E-state index in [0.29, 0.717) is 0 Å². The van der Waals surface area contributed by atoms with E-state index >= 15 is 0 Å². The van der Waals surface area contributed by atoms with Crippen LogP contribution in [0.5, 0.6) is 0 Å². The quantitative estimate of drug-likeness (QED) is 0.583. The van der Waals surface area contributed by atoms with E-state index in [0.717, 1.165) is 27.9 Å². The summed E-state index contributed by atoms with van der Waals surface area (Å²) < 4.78 is 56.6. The third-order valence-corrected chi connectivity index (χ3v) is 4.33. The number of hydrogen-bond donors (Lipinski definition) is 1. The van der Waals surface area contributed by atoms with Crippen molar-refractivity contribution < 1.29 is 14.4 Å². The molecule has 2 heterocycles. The van der Waals surface area contributed by atoms with Crippen LogP contribution in [0.4, 0.5) is 5.82 Å². The highest BCUT2D eigenvalue weighted by molar-refractivity contribution is 6.04. The van der Waals surface area contributed by atoms with Crippen LogP contribution in [0.3, 0.4) is 0 Å². The van der Waals surface area contributed by atoms with Gasteiger partial charge in [-0.15, -0.1) is 0 Å². The number of pyridine rings is 1. The van der Waals surface area contributed by atoms with Crippen molar-refractivity contribution in [3.05, 3.63) is 77.8 Å². The van der Waals surface area contributed by atoms with E-state index in [-0.39, 0.29) is 5.82 Å². The van der Waals surface area contributed by atoms with Gasteiger partial charge in [0.2, 0.25) is 0 Å². The van der Waals surface area contributed by atoms with Gasteiger partial charge in [-0.25, -0.2) is 9.97 Å². The summed E-state index contributed by atoms with van der Waals surface area (Å²) in [5.41, 5.74) is 0.559. The number of aryl methyl sites for hydroxylation is 1. The smallest absolute Gasteiger partial charge is 0.256 e. The fourth-order valence-electron chi connectivity index (χ4n) is 2.74. The van der Waals surface area contributed by atoms with Gasteiger partial charge in [-0.1, -0.05) is 29.8 Å². The molecular formula is C22H20N4O. The van der Waals surface area contributed by atoms with Gasteiger partial charge in [-0.2, -0.15) is 0 Å². The number of nitrogens with one attached hydrogen (secondary N) is 1. The molecule has 0 aliphatic heterocycles. The summed E-state index contributed by atoms with van der Waals surface area (Å²) in [5.74, 6) is 0.0918. The van der Waals surface area contributed by atoms with E-state index in [1.807, 2.05) is 36.7 Å². The zero-order chi connectivity index (χ0) is 24.9. The summed E-state index contributed by atoms with van der Waals surface area (Å²) in [5, 5.41) is 4.11. The molecule has 4 aromatic rings. The van der Waals surface area contributed by atoms with Crippen LogP contribution in [-0.4, -0.2) is 20.4 Å². The number of carbonyl (C=O) groups excluding carboxylic acids is 1. The van der Waals surface area contributed by atoms with Crippen molar-refractivity contribution in [3.63, 3.8) is 0 Å². The monoisotopic (exact) mass is 363 g/mol. The maximum atomic E-state index is 12.9. The second kappa shape index (κ2) is 6.68. The fourth-order valence-corrected chi connectivity index (χ4v) is 2.74. The Kier molecular flexibility index (Phi) is 2.63. The second-order valence-electron chi connectivity index (χ2n) is 6.09. The first-order valence-electron chi connectivity index (χ1n) is 11.7. The highest BCUT2D eigenvalue weighted by Gasteiger charge is 2.09. The zero-order valence-electron chi connectivity index (χ0n) is 21.7.